The lowest BCUT2D eigenvalue weighted by atomic mass is 9.83. The molecule has 106 valence electrons. The van der Waals surface area contributed by atoms with Gasteiger partial charge in [-0.25, -0.2) is 0 Å². The van der Waals surface area contributed by atoms with E-state index in [1.54, 1.807) is 0 Å². The highest BCUT2D eigenvalue weighted by molar-refractivity contribution is 5.29. The van der Waals surface area contributed by atoms with E-state index in [1.807, 2.05) is 19.1 Å². The van der Waals surface area contributed by atoms with Gasteiger partial charge in [0, 0.05) is 6.04 Å². The van der Waals surface area contributed by atoms with Gasteiger partial charge in [0.05, 0.1) is 6.61 Å². The first-order valence-electron chi connectivity index (χ1n) is 7.52. The first-order chi connectivity index (χ1) is 9.33. The van der Waals surface area contributed by atoms with Crippen LogP contribution >= 0.6 is 0 Å². The van der Waals surface area contributed by atoms with Crippen molar-refractivity contribution in [3.63, 3.8) is 0 Å². The van der Waals surface area contributed by atoms with E-state index in [-0.39, 0.29) is 6.04 Å². The molecule has 1 aromatic rings. The summed E-state index contributed by atoms with van der Waals surface area (Å²) in [5, 5.41) is 0. The number of nitrogens with one attached hydrogen (secondary N) is 1. The zero-order valence-electron chi connectivity index (χ0n) is 11.9. The molecule has 3 heteroatoms. The molecular formula is C16H26N2O. The topological polar surface area (TPSA) is 47.3 Å². The molecule has 19 heavy (non-hydrogen) atoms. The third kappa shape index (κ3) is 4.22. The zero-order valence-corrected chi connectivity index (χ0v) is 11.9. The van der Waals surface area contributed by atoms with Crippen molar-refractivity contribution in [2.24, 2.45) is 11.8 Å². The van der Waals surface area contributed by atoms with Crippen LogP contribution in [0.25, 0.3) is 0 Å². The highest BCUT2D eigenvalue weighted by Crippen LogP contribution is 2.32. The van der Waals surface area contributed by atoms with Crippen LogP contribution in [0.5, 0.6) is 5.75 Å². The van der Waals surface area contributed by atoms with Gasteiger partial charge in [-0.05, 0) is 37.0 Å². The van der Waals surface area contributed by atoms with Crippen LogP contribution in [0.15, 0.2) is 24.3 Å². The van der Waals surface area contributed by atoms with E-state index in [0.717, 1.165) is 18.1 Å². The number of benzene rings is 1. The summed E-state index contributed by atoms with van der Waals surface area (Å²) in [7, 11) is 0. The van der Waals surface area contributed by atoms with Crippen LogP contribution < -0.4 is 16.0 Å². The monoisotopic (exact) mass is 262 g/mol. The Labute approximate surface area is 116 Å². The molecule has 1 fully saturated rings. The summed E-state index contributed by atoms with van der Waals surface area (Å²) in [5.41, 5.74) is 4.24. The van der Waals surface area contributed by atoms with Crippen molar-refractivity contribution in [2.75, 3.05) is 6.61 Å². The van der Waals surface area contributed by atoms with Crippen LogP contribution in [0.1, 0.15) is 57.1 Å². The maximum absolute atomic E-state index is 5.74. The predicted molar refractivity (Wildman–Crippen MR) is 78.9 cm³/mol. The van der Waals surface area contributed by atoms with Crippen molar-refractivity contribution in [2.45, 2.75) is 51.5 Å². The summed E-state index contributed by atoms with van der Waals surface area (Å²) >= 11 is 0. The van der Waals surface area contributed by atoms with E-state index in [9.17, 15) is 0 Å². The third-order valence-corrected chi connectivity index (χ3v) is 4.09. The first-order valence-corrected chi connectivity index (χ1v) is 7.52. The van der Waals surface area contributed by atoms with Crippen LogP contribution in [0.4, 0.5) is 0 Å². The molecule has 1 aliphatic carbocycles. The molecule has 0 saturated heterocycles. The second-order valence-corrected chi connectivity index (χ2v) is 5.46. The van der Waals surface area contributed by atoms with Crippen molar-refractivity contribution >= 4 is 0 Å². The molecule has 2 rings (SSSR count). The SMILES string of the molecule is CCOc1ccc(C(CC2CCCCC2)NN)cc1. The molecule has 3 N–H and O–H groups in total. The fraction of sp³-hybridized carbons (Fsp3) is 0.625. The molecule has 1 saturated carbocycles. The summed E-state index contributed by atoms with van der Waals surface area (Å²) in [4.78, 5) is 0. The Morgan fingerprint density at radius 2 is 1.89 bits per heavy atom. The van der Waals surface area contributed by atoms with E-state index in [1.165, 1.54) is 37.7 Å². The first kappa shape index (κ1) is 14.4. The molecule has 1 atom stereocenters. The fourth-order valence-corrected chi connectivity index (χ4v) is 3.02. The Kier molecular flexibility index (Phi) is 5.67. The van der Waals surface area contributed by atoms with Crippen LogP contribution in [0.3, 0.4) is 0 Å². The Morgan fingerprint density at radius 1 is 1.21 bits per heavy atom. The largest absolute Gasteiger partial charge is 0.494 e. The highest BCUT2D eigenvalue weighted by Gasteiger charge is 2.19. The Balaban J connectivity index is 1.95. The van der Waals surface area contributed by atoms with Gasteiger partial charge in [-0.2, -0.15) is 0 Å². The van der Waals surface area contributed by atoms with E-state index >= 15 is 0 Å². The summed E-state index contributed by atoms with van der Waals surface area (Å²) in [5.74, 6) is 7.49. The van der Waals surface area contributed by atoms with Crippen molar-refractivity contribution in [3.05, 3.63) is 29.8 Å². The smallest absolute Gasteiger partial charge is 0.119 e. The summed E-state index contributed by atoms with van der Waals surface area (Å²) in [6.07, 6.45) is 8.02. The molecule has 0 amide bonds. The number of ether oxygens (including phenoxy) is 1. The van der Waals surface area contributed by atoms with Gasteiger partial charge in [0.2, 0.25) is 0 Å². The van der Waals surface area contributed by atoms with Crippen molar-refractivity contribution in [1.82, 2.24) is 5.43 Å². The maximum atomic E-state index is 5.74. The van der Waals surface area contributed by atoms with Crippen LogP contribution in [-0.4, -0.2) is 6.61 Å². The predicted octanol–water partition coefficient (Wildman–Crippen LogP) is 3.56. The van der Waals surface area contributed by atoms with Crippen molar-refractivity contribution in [1.29, 1.82) is 0 Å². The Hall–Kier alpha value is -1.06. The van der Waals surface area contributed by atoms with Crippen LogP contribution in [0.2, 0.25) is 0 Å². The molecule has 1 aliphatic rings. The number of nitrogens with two attached hydrogens (primary N) is 1. The van der Waals surface area contributed by atoms with Crippen LogP contribution in [0, 0.1) is 5.92 Å². The summed E-state index contributed by atoms with van der Waals surface area (Å²) < 4.78 is 5.47. The van der Waals surface area contributed by atoms with E-state index in [2.05, 4.69) is 17.6 Å². The molecule has 0 radical (unpaired) electrons. The molecule has 0 heterocycles. The third-order valence-electron chi connectivity index (χ3n) is 4.09. The zero-order chi connectivity index (χ0) is 13.5. The molecule has 0 aliphatic heterocycles. The van der Waals surface area contributed by atoms with Crippen molar-refractivity contribution < 1.29 is 4.74 Å². The second-order valence-electron chi connectivity index (χ2n) is 5.46. The van der Waals surface area contributed by atoms with Crippen LogP contribution in [-0.2, 0) is 0 Å². The lowest BCUT2D eigenvalue weighted by Gasteiger charge is -2.26. The molecule has 3 nitrogen and oxygen atoms in total. The fourth-order valence-electron chi connectivity index (χ4n) is 3.02. The lowest BCUT2D eigenvalue weighted by molar-refractivity contribution is 0.300. The number of rotatable bonds is 6. The molecule has 1 unspecified atom stereocenters. The highest BCUT2D eigenvalue weighted by atomic mass is 16.5. The van der Waals surface area contributed by atoms with Gasteiger partial charge in [-0.1, -0.05) is 44.2 Å². The molecule has 1 aromatic carbocycles. The summed E-state index contributed by atoms with van der Waals surface area (Å²) in [6, 6.07) is 8.57. The normalized spacial score (nSPS) is 18.2. The minimum absolute atomic E-state index is 0.263. The standard InChI is InChI=1S/C16H26N2O/c1-2-19-15-10-8-14(9-11-15)16(18-17)12-13-6-4-3-5-7-13/h8-11,13,16,18H,2-7,12,17H2,1H3. The molecule has 0 aromatic heterocycles. The van der Waals surface area contributed by atoms with E-state index in [0.29, 0.717) is 6.61 Å². The average Bonchev–Trinajstić information content (AvgIpc) is 2.47. The summed E-state index contributed by atoms with van der Waals surface area (Å²) in [6.45, 7) is 2.71. The van der Waals surface area contributed by atoms with Gasteiger partial charge in [0.1, 0.15) is 5.75 Å². The number of hydrogen-bond acceptors (Lipinski definition) is 3. The van der Waals surface area contributed by atoms with Gasteiger partial charge in [-0.3, -0.25) is 11.3 Å². The molecule has 0 spiro atoms. The van der Waals surface area contributed by atoms with Gasteiger partial charge in [-0.15, -0.1) is 0 Å². The van der Waals surface area contributed by atoms with Gasteiger partial charge in [0.25, 0.3) is 0 Å². The van der Waals surface area contributed by atoms with Gasteiger partial charge in [0.15, 0.2) is 0 Å². The van der Waals surface area contributed by atoms with E-state index < -0.39 is 0 Å². The van der Waals surface area contributed by atoms with E-state index in [4.69, 9.17) is 10.6 Å². The Morgan fingerprint density at radius 3 is 2.47 bits per heavy atom. The number of hydrazine groups is 1. The number of hydrogen-bond donors (Lipinski definition) is 2. The molecule has 0 bridgehead atoms. The maximum Gasteiger partial charge on any atom is 0.119 e. The molecular weight excluding hydrogens is 236 g/mol. The van der Waals surface area contributed by atoms with Gasteiger partial charge < -0.3 is 4.74 Å². The lowest BCUT2D eigenvalue weighted by Crippen LogP contribution is -2.30. The van der Waals surface area contributed by atoms with Crippen molar-refractivity contribution in [3.8, 4) is 5.75 Å². The Bertz CT molecular complexity index is 358. The van der Waals surface area contributed by atoms with Gasteiger partial charge >= 0.3 is 0 Å². The average molecular weight is 262 g/mol. The minimum Gasteiger partial charge on any atom is -0.494 e. The minimum atomic E-state index is 0.263. The second kappa shape index (κ2) is 7.51. The quantitative estimate of drug-likeness (QED) is 0.608.